The summed E-state index contributed by atoms with van der Waals surface area (Å²) < 4.78 is 7.11. The van der Waals surface area contributed by atoms with Gasteiger partial charge in [0.25, 0.3) is 0 Å². The molecule has 5 nitrogen and oxygen atoms in total. The molecule has 0 radical (unpaired) electrons. The van der Waals surface area contributed by atoms with Gasteiger partial charge in [-0.2, -0.15) is 5.10 Å². The molecule has 2 heterocycles. The van der Waals surface area contributed by atoms with Gasteiger partial charge in [-0.3, -0.25) is 4.68 Å². The molecule has 0 saturated carbocycles. The van der Waals surface area contributed by atoms with Crippen molar-refractivity contribution in [2.24, 2.45) is 7.05 Å². The summed E-state index contributed by atoms with van der Waals surface area (Å²) in [5, 5.41) is 8.48. The predicted octanol–water partition coefficient (Wildman–Crippen LogP) is 2.51. The molecule has 124 valence electrons. The molecule has 1 fully saturated rings. The quantitative estimate of drug-likeness (QED) is 0.912. The first-order valence-electron chi connectivity index (χ1n) is 7.95. The lowest BCUT2D eigenvalue weighted by molar-refractivity contribution is 0.122. The van der Waals surface area contributed by atoms with Crippen LogP contribution < -0.4 is 10.2 Å². The van der Waals surface area contributed by atoms with Crippen LogP contribution in [0.1, 0.15) is 16.8 Å². The van der Waals surface area contributed by atoms with Crippen LogP contribution in [0.15, 0.2) is 24.3 Å². The highest BCUT2D eigenvalue weighted by molar-refractivity contribution is 6.30. The second-order valence-corrected chi connectivity index (χ2v) is 6.21. The van der Waals surface area contributed by atoms with Crippen LogP contribution in [0.5, 0.6) is 0 Å². The second kappa shape index (κ2) is 7.34. The van der Waals surface area contributed by atoms with Crippen molar-refractivity contribution in [3.8, 4) is 0 Å². The maximum atomic E-state index is 6.25. The monoisotopic (exact) mass is 334 g/mol. The number of benzene rings is 1. The first kappa shape index (κ1) is 16.3. The molecule has 0 unspecified atom stereocenters. The predicted molar refractivity (Wildman–Crippen MR) is 93.0 cm³/mol. The molecule has 0 atom stereocenters. The van der Waals surface area contributed by atoms with Crippen molar-refractivity contribution in [3.63, 3.8) is 0 Å². The van der Waals surface area contributed by atoms with Crippen molar-refractivity contribution < 1.29 is 4.74 Å². The lowest BCUT2D eigenvalue weighted by Crippen LogP contribution is -2.36. The number of morpholine rings is 1. The Bertz CT molecular complexity index is 647. The van der Waals surface area contributed by atoms with Gasteiger partial charge in [0.15, 0.2) is 0 Å². The molecule has 1 aliphatic heterocycles. The Morgan fingerprint density at radius 2 is 1.87 bits per heavy atom. The van der Waals surface area contributed by atoms with E-state index in [4.69, 9.17) is 16.3 Å². The molecule has 0 spiro atoms. The lowest BCUT2D eigenvalue weighted by atomic mass is 10.2. The van der Waals surface area contributed by atoms with E-state index in [0.29, 0.717) is 5.15 Å². The van der Waals surface area contributed by atoms with Crippen molar-refractivity contribution in [1.82, 2.24) is 15.1 Å². The normalized spacial score (nSPS) is 15.2. The SMILES string of the molecule is Cc1nn(C)c(Cl)c1CNCc1ccc(N2CCOCC2)cc1. The first-order chi connectivity index (χ1) is 11.1. The molecular formula is C17H23ClN4O. The van der Waals surface area contributed by atoms with Crippen LogP contribution in [0.25, 0.3) is 0 Å². The third kappa shape index (κ3) is 3.86. The number of nitrogens with one attached hydrogen (secondary N) is 1. The van der Waals surface area contributed by atoms with E-state index < -0.39 is 0 Å². The molecule has 1 aromatic heterocycles. The summed E-state index contributed by atoms with van der Waals surface area (Å²) in [6.45, 7) is 7.09. The van der Waals surface area contributed by atoms with E-state index >= 15 is 0 Å². The Labute approximate surface area is 142 Å². The van der Waals surface area contributed by atoms with Crippen LogP contribution in [-0.2, 0) is 24.9 Å². The molecule has 6 heteroatoms. The van der Waals surface area contributed by atoms with Gasteiger partial charge in [-0.15, -0.1) is 0 Å². The van der Waals surface area contributed by atoms with Crippen LogP contribution in [0, 0.1) is 6.92 Å². The number of hydrogen-bond acceptors (Lipinski definition) is 4. The Morgan fingerprint density at radius 1 is 1.17 bits per heavy atom. The van der Waals surface area contributed by atoms with E-state index in [9.17, 15) is 0 Å². The minimum Gasteiger partial charge on any atom is -0.378 e. The van der Waals surface area contributed by atoms with Crippen LogP contribution in [0.2, 0.25) is 5.15 Å². The summed E-state index contributed by atoms with van der Waals surface area (Å²) in [7, 11) is 1.86. The number of hydrogen-bond donors (Lipinski definition) is 1. The number of halogens is 1. The topological polar surface area (TPSA) is 42.3 Å². The van der Waals surface area contributed by atoms with E-state index in [2.05, 4.69) is 39.6 Å². The maximum Gasteiger partial charge on any atom is 0.131 e. The number of aryl methyl sites for hydroxylation is 2. The maximum absolute atomic E-state index is 6.25. The Hall–Kier alpha value is -1.56. The fourth-order valence-electron chi connectivity index (χ4n) is 2.85. The van der Waals surface area contributed by atoms with E-state index in [-0.39, 0.29) is 0 Å². The Balaban J connectivity index is 1.54. The third-order valence-electron chi connectivity index (χ3n) is 4.21. The fourth-order valence-corrected chi connectivity index (χ4v) is 3.09. The van der Waals surface area contributed by atoms with Crippen molar-refractivity contribution in [1.29, 1.82) is 0 Å². The molecule has 3 rings (SSSR count). The third-order valence-corrected chi connectivity index (χ3v) is 4.69. The van der Waals surface area contributed by atoms with Gasteiger partial charge in [-0.1, -0.05) is 23.7 Å². The number of ether oxygens (including phenoxy) is 1. The number of aromatic nitrogens is 2. The van der Waals surface area contributed by atoms with Gasteiger partial charge < -0.3 is 15.0 Å². The summed E-state index contributed by atoms with van der Waals surface area (Å²) in [5.74, 6) is 0. The molecule has 1 N–H and O–H groups in total. The zero-order valence-corrected chi connectivity index (χ0v) is 14.4. The molecule has 0 amide bonds. The van der Waals surface area contributed by atoms with Gasteiger partial charge in [-0.05, 0) is 24.6 Å². The lowest BCUT2D eigenvalue weighted by Gasteiger charge is -2.28. The number of anilines is 1. The summed E-state index contributed by atoms with van der Waals surface area (Å²) in [5.41, 5.74) is 4.58. The molecule has 1 saturated heterocycles. The summed E-state index contributed by atoms with van der Waals surface area (Å²) in [4.78, 5) is 2.36. The molecule has 2 aromatic rings. The van der Waals surface area contributed by atoms with Gasteiger partial charge in [0, 0.05) is 44.5 Å². The molecule has 0 aliphatic carbocycles. The van der Waals surface area contributed by atoms with E-state index in [1.165, 1.54) is 11.3 Å². The molecule has 1 aliphatic rings. The fraction of sp³-hybridized carbons (Fsp3) is 0.471. The van der Waals surface area contributed by atoms with Gasteiger partial charge in [-0.25, -0.2) is 0 Å². The van der Waals surface area contributed by atoms with Crippen molar-refractivity contribution in [2.45, 2.75) is 20.0 Å². The molecule has 23 heavy (non-hydrogen) atoms. The van der Waals surface area contributed by atoms with Crippen LogP contribution in [0.4, 0.5) is 5.69 Å². The zero-order valence-electron chi connectivity index (χ0n) is 13.7. The van der Waals surface area contributed by atoms with Gasteiger partial charge >= 0.3 is 0 Å². The van der Waals surface area contributed by atoms with Gasteiger partial charge in [0.2, 0.25) is 0 Å². The van der Waals surface area contributed by atoms with Gasteiger partial charge in [0.05, 0.1) is 18.9 Å². The molecular weight excluding hydrogens is 312 g/mol. The first-order valence-corrected chi connectivity index (χ1v) is 8.33. The zero-order chi connectivity index (χ0) is 16.2. The standard InChI is InChI=1S/C17H23ClN4O/c1-13-16(17(18)21(2)20-13)12-19-11-14-3-5-15(6-4-14)22-7-9-23-10-8-22/h3-6,19H,7-12H2,1-2H3. The minimum atomic E-state index is 0.706. The average Bonchev–Trinajstić information content (AvgIpc) is 2.82. The molecule has 1 aromatic carbocycles. The van der Waals surface area contributed by atoms with E-state index in [1.807, 2.05) is 14.0 Å². The summed E-state index contributed by atoms with van der Waals surface area (Å²) >= 11 is 6.25. The van der Waals surface area contributed by atoms with Crippen LogP contribution >= 0.6 is 11.6 Å². The van der Waals surface area contributed by atoms with Crippen LogP contribution in [-0.4, -0.2) is 36.1 Å². The average molecular weight is 335 g/mol. The molecule has 0 bridgehead atoms. The van der Waals surface area contributed by atoms with E-state index in [1.54, 1.807) is 4.68 Å². The number of rotatable bonds is 5. The highest BCUT2D eigenvalue weighted by atomic mass is 35.5. The largest absolute Gasteiger partial charge is 0.378 e. The van der Waals surface area contributed by atoms with Crippen LogP contribution in [0.3, 0.4) is 0 Å². The van der Waals surface area contributed by atoms with Crippen molar-refractivity contribution in [3.05, 3.63) is 46.2 Å². The van der Waals surface area contributed by atoms with Crippen molar-refractivity contribution in [2.75, 3.05) is 31.2 Å². The second-order valence-electron chi connectivity index (χ2n) is 5.85. The number of nitrogens with zero attached hydrogens (tertiary/aromatic N) is 3. The summed E-state index contributed by atoms with van der Waals surface area (Å²) in [6, 6.07) is 8.72. The highest BCUT2D eigenvalue weighted by Gasteiger charge is 2.12. The smallest absolute Gasteiger partial charge is 0.131 e. The Morgan fingerprint density at radius 3 is 2.48 bits per heavy atom. The minimum absolute atomic E-state index is 0.706. The van der Waals surface area contributed by atoms with Gasteiger partial charge in [0.1, 0.15) is 5.15 Å². The van der Waals surface area contributed by atoms with E-state index in [0.717, 1.165) is 50.7 Å². The Kier molecular flexibility index (Phi) is 5.20. The van der Waals surface area contributed by atoms with Crippen molar-refractivity contribution >= 4 is 17.3 Å². The highest BCUT2D eigenvalue weighted by Crippen LogP contribution is 2.19. The summed E-state index contributed by atoms with van der Waals surface area (Å²) in [6.07, 6.45) is 0.